The average Bonchev–Trinajstić information content (AvgIpc) is 2.85. The minimum Gasteiger partial charge on any atom is -0.261 e. The molecule has 0 aromatic carbocycles. The number of hydrogen-bond donors (Lipinski definition) is 1. The highest BCUT2D eigenvalue weighted by molar-refractivity contribution is 7.12. The van der Waals surface area contributed by atoms with Crippen LogP contribution in [0.1, 0.15) is 18.2 Å². The van der Waals surface area contributed by atoms with E-state index in [-0.39, 0.29) is 0 Å². The molecule has 0 spiro atoms. The summed E-state index contributed by atoms with van der Waals surface area (Å²) < 4.78 is 0. The van der Waals surface area contributed by atoms with Crippen LogP contribution in [-0.2, 0) is 0 Å². The first-order valence-corrected chi connectivity index (χ1v) is 6.05. The van der Waals surface area contributed by atoms with E-state index in [0.29, 0.717) is 0 Å². The maximum atomic E-state index is 4.37. The molecule has 0 saturated heterocycles. The lowest BCUT2D eigenvalue weighted by Crippen LogP contribution is -2.01. The molecule has 16 heavy (non-hydrogen) atoms. The quantitative estimate of drug-likeness (QED) is 0.647. The van der Waals surface area contributed by atoms with Crippen molar-refractivity contribution in [2.75, 3.05) is 5.43 Å². The summed E-state index contributed by atoms with van der Waals surface area (Å²) in [6, 6.07) is 9.82. The lowest BCUT2D eigenvalue weighted by molar-refractivity contribution is 1.19. The molecule has 0 atom stereocenters. The van der Waals surface area contributed by atoms with Gasteiger partial charge in [0, 0.05) is 6.20 Å². The van der Waals surface area contributed by atoms with Crippen molar-refractivity contribution < 1.29 is 0 Å². The van der Waals surface area contributed by atoms with E-state index in [1.54, 1.807) is 17.5 Å². The van der Waals surface area contributed by atoms with E-state index >= 15 is 0 Å². The summed E-state index contributed by atoms with van der Waals surface area (Å²) in [6.45, 7) is 2.10. The van der Waals surface area contributed by atoms with Crippen molar-refractivity contribution in [3.05, 3.63) is 46.8 Å². The van der Waals surface area contributed by atoms with Gasteiger partial charge in [0.2, 0.25) is 0 Å². The highest BCUT2D eigenvalue weighted by Gasteiger charge is 2.01. The second kappa shape index (κ2) is 5.42. The number of rotatable bonds is 4. The van der Waals surface area contributed by atoms with Crippen molar-refractivity contribution in [1.82, 2.24) is 4.98 Å². The Morgan fingerprint density at radius 3 is 2.94 bits per heavy atom. The van der Waals surface area contributed by atoms with Gasteiger partial charge in [-0.2, -0.15) is 5.10 Å². The summed E-state index contributed by atoms with van der Waals surface area (Å²) >= 11 is 1.70. The molecule has 0 aliphatic heterocycles. The van der Waals surface area contributed by atoms with Gasteiger partial charge in [0.1, 0.15) is 5.82 Å². The van der Waals surface area contributed by atoms with Gasteiger partial charge in [0.05, 0.1) is 10.6 Å². The van der Waals surface area contributed by atoms with E-state index in [9.17, 15) is 0 Å². The zero-order valence-corrected chi connectivity index (χ0v) is 9.87. The van der Waals surface area contributed by atoms with Gasteiger partial charge >= 0.3 is 0 Å². The number of pyridine rings is 1. The molecule has 3 nitrogen and oxygen atoms in total. The van der Waals surface area contributed by atoms with E-state index in [4.69, 9.17) is 0 Å². The molecule has 0 unspecified atom stereocenters. The van der Waals surface area contributed by atoms with Crippen molar-refractivity contribution in [2.24, 2.45) is 5.10 Å². The van der Waals surface area contributed by atoms with Crippen LogP contribution in [0.4, 0.5) is 5.82 Å². The Kier molecular flexibility index (Phi) is 3.66. The molecular formula is C12H13N3S. The van der Waals surface area contributed by atoms with Gasteiger partial charge in [-0.15, -0.1) is 11.3 Å². The second-order valence-electron chi connectivity index (χ2n) is 3.22. The SMILES string of the molecule is CC/C(=N/Nc1ccccn1)c1cccs1. The summed E-state index contributed by atoms with van der Waals surface area (Å²) in [7, 11) is 0. The average molecular weight is 231 g/mol. The van der Waals surface area contributed by atoms with Gasteiger partial charge in [-0.05, 0) is 30.0 Å². The highest BCUT2D eigenvalue weighted by Crippen LogP contribution is 2.12. The Morgan fingerprint density at radius 1 is 1.38 bits per heavy atom. The van der Waals surface area contributed by atoms with Crippen molar-refractivity contribution in [3.8, 4) is 0 Å². The summed E-state index contributed by atoms with van der Waals surface area (Å²) in [6.07, 6.45) is 2.65. The summed E-state index contributed by atoms with van der Waals surface area (Å²) in [5, 5.41) is 6.43. The normalized spacial score (nSPS) is 11.4. The number of aromatic nitrogens is 1. The maximum absolute atomic E-state index is 4.37. The summed E-state index contributed by atoms with van der Waals surface area (Å²) in [5.74, 6) is 0.769. The van der Waals surface area contributed by atoms with Crippen LogP contribution in [0.25, 0.3) is 0 Å². The van der Waals surface area contributed by atoms with E-state index in [2.05, 4.69) is 33.9 Å². The van der Waals surface area contributed by atoms with Crippen LogP contribution >= 0.6 is 11.3 Å². The van der Waals surface area contributed by atoms with Crippen LogP contribution in [0.15, 0.2) is 47.0 Å². The molecule has 0 radical (unpaired) electrons. The number of thiophene rings is 1. The smallest absolute Gasteiger partial charge is 0.146 e. The van der Waals surface area contributed by atoms with Crippen LogP contribution in [-0.4, -0.2) is 10.7 Å². The van der Waals surface area contributed by atoms with Crippen molar-refractivity contribution in [3.63, 3.8) is 0 Å². The lowest BCUT2D eigenvalue weighted by atomic mass is 10.2. The molecule has 0 amide bonds. The Balaban J connectivity index is 2.11. The number of hydrazone groups is 1. The Hall–Kier alpha value is -1.68. The van der Waals surface area contributed by atoms with E-state index in [0.717, 1.165) is 18.0 Å². The minimum atomic E-state index is 0.769. The first-order chi connectivity index (χ1) is 7.90. The fourth-order valence-corrected chi connectivity index (χ4v) is 2.09. The summed E-state index contributed by atoms with van der Waals surface area (Å²) in [5.41, 5.74) is 4.02. The molecule has 0 bridgehead atoms. The zero-order valence-electron chi connectivity index (χ0n) is 9.05. The van der Waals surface area contributed by atoms with Gasteiger partial charge in [-0.3, -0.25) is 5.43 Å². The van der Waals surface area contributed by atoms with Crippen molar-refractivity contribution in [1.29, 1.82) is 0 Å². The van der Waals surface area contributed by atoms with Crippen LogP contribution in [0.5, 0.6) is 0 Å². The van der Waals surface area contributed by atoms with E-state index < -0.39 is 0 Å². The predicted molar refractivity (Wildman–Crippen MR) is 69.0 cm³/mol. The van der Waals surface area contributed by atoms with Crippen LogP contribution < -0.4 is 5.43 Å². The van der Waals surface area contributed by atoms with Gasteiger partial charge in [-0.25, -0.2) is 4.98 Å². The lowest BCUT2D eigenvalue weighted by Gasteiger charge is -2.02. The largest absolute Gasteiger partial charge is 0.261 e. The monoisotopic (exact) mass is 231 g/mol. The van der Waals surface area contributed by atoms with Crippen LogP contribution in [0, 0.1) is 0 Å². The third-order valence-corrected chi connectivity index (χ3v) is 3.03. The predicted octanol–water partition coefficient (Wildman–Crippen LogP) is 3.37. The third kappa shape index (κ3) is 2.67. The second-order valence-corrected chi connectivity index (χ2v) is 4.16. The number of anilines is 1. The van der Waals surface area contributed by atoms with Crippen molar-refractivity contribution in [2.45, 2.75) is 13.3 Å². The molecule has 2 rings (SSSR count). The fraction of sp³-hybridized carbons (Fsp3) is 0.167. The molecule has 0 aliphatic rings. The first kappa shape index (κ1) is 10.8. The minimum absolute atomic E-state index is 0.769. The molecule has 0 aliphatic carbocycles. The fourth-order valence-electron chi connectivity index (χ4n) is 1.30. The molecule has 0 saturated carbocycles. The zero-order chi connectivity index (χ0) is 11.2. The highest BCUT2D eigenvalue weighted by atomic mass is 32.1. The van der Waals surface area contributed by atoms with Gasteiger partial charge in [-0.1, -0.05) is 19.1 Å². The van der Waals surface area contributed by atoms with Crippen LogP contribution in [0.2, 0.25) is 0 Å². The number of nitrogens with one attached hydrogen (secondary N) is 1. The Labute approximate surface area is 98.9 Å². The van der Waals surface area contributed by atoms with Gasteiger partial charge in [0.15, 0.2) is 0 Å². The van der Waals surface area contributed by atoms with E-state index in [1.807, 2.05) is 24.3 Å². The standard InChI is InChI=1S/C12H13N3S/c1-2-10(11-6-5-9-16-11)14-15-12-7-3-4-8-13-12/h3-9H,2H2,1H3,(H,13,15)/b14-10-. The van der Waals surface area contributed by atoms with Crippen LogP contribution in [0.3, 0.4) is 0 Å². The molecule has 0 fully saturated rings. The molecule has 2 aromatic heterocycles. The van der Waals surface area contributed by atoms with Gasteiger partial charge in [0.25, 0.3) is 0 Å². The number of nitrogens with zero attached hydrogens (tertiary/aromatic N) is 2. The maximum Gasteiger partial charge on any atom is 0.146 e. The topological polar surface area (TPSA) is 37.3 Å². The van der Waals surface area contributed by atoms with Crippen molar-refractivity contribution >= 4 is 22.9 Å². The molecule has 2 heterocycles. The molecule has 82 valence electrons. The molecule has 2 aromatic rings. The molecule has 4 heteroatoms. The van der Waals surface area contributed by atoms with Gasteiger partial charge < -0.3 is 0 Å². The van der Waals surface area contributed by atoms with E-state index in [1.165, 1.54) is 4.88 Å². The molecule has 1 N–H and O–H groups in total. The third-order valence-electron chi connectivity index (χ3n) is 2.11. The first-order valence-electron chi connectivity index (χ1n) is 5.17. The summed E-state index contributed by atoms with van der Waals surface area (Å²) in [4.78, 5) is 5.35. The Morgan fingerprint density at radius 2 is 2.31 bits per heavy atom. The Bertz CT molecular complexity index is 448. The molecular weight excluding hydrogens is 218 g/mol. The number of hydrogen-bond acceptors (Lipinski definition) is 4.